The first-order valence-electron chi connectivity index (χ1n) is 8.40. The van der Waals surface area contributed by atoms with E-state index in [9.17, 15) is 4.79 Å². The molecule has 4 nitrogen and oxygen atoms in total. The van der Waals surface area contributed by atoms with Crippen LogP contribution in [0.25, 0.3) is 5.69 Å². The minimum Gasteiger partial charge on any atom is -0.337 e. The summed E-state index contributed by atoms with van der Waals surface area (Å²) in [6.45, 7) is 6.55. The average molecular weight is 333 g/mol. The van der Waals surface area contributed by atoms with Crippen molar-refractivity contribution in [3.63, 3.8) is 0 Å². The molecule has 0 unspecified atom stereocenters. The predicted molar refractivity (Wildman–Crippen MR) is 100 cm³/mol. The molecule has 0 saturated heterocycles. The van der Waals surface area contributed by atoms with E-state index in [1.807, 2.05) is 80.2 Å². The number of nitrogens with zero attached hydrogens (tertiary/aromatic N) is 3. The molecule has 0 saturated carbocycles. The molecule has 0 aliphatic carbocycles. The Kier molecular flexibility index (Phi) is 4.70. The molecule has 128 valence electrons. The first-order chi connectivity index (χ1) is 12.0. The smallest absolute Gasteiger partial charge is 0.254 e. The number of hydrogen-bond donors (Lipinski definition) is 0. The molecule has 0 aliphatic heterocycles. The lowest BCUT2D eigenvalue weighted by Gasteiger charge is -2.19. The number of hydrogen-bond acceptors (Lipinski definition) is 2. The lowest BCUT2D eigenvalue weighted by atomic mass is 10.1. The van der Waals surface area contributed by atoms with Gasteiger partial charge in [-0.1, -0.05) is 36.4 Å². The summed E-state index contributed by atoms with van der Waals surface area (Å²) < 4.78 is 1.94. The van der Waals surface area contributed by atoms with Crippen LogP contribution in [0.4, 0.5) is 0 Å². The molecule has 1 amide bonds. The average Bonchev–Trinajstić information content (AvgIpc) is 2.90. The number of aryl methyl sites for hydroxylation is 2. The van der Waals surface area contributed by atoms with E-state index in [2.05, 4.69) is 12.0 Å². The fraction of sp³-hybridized carbons (Fsp3) is 0.238. The van der Waals surface area contributed by atoms with E-state index in [0.717, 1.165) is 33.8 Å². The van der Waals surface area contributed by atoms with E-state index < -0.39 is 0 Å². The van der Waals surface area contributed by atoms with Gasteiger partial charge in [-0.3, -0.25) is 4.79 Å². The Hall–Kier alpha value is -2.88. The maximum Gasteiger partial charge on any atom is 0.254 e. The molecular formula is C21H23N3O. The zero-order valence-corrected chi connectivity index (χ0v) is 15.2. The van der Waals surface area contributed by atoms with Gasteiger partial charge in [0.1, 0.15) is 0 Å². The molecule has 3 rings (SSSR count). The monoisotopic (exact) mass is 333 g/mol. The fourth-order valence-corrected chi connectivity index (χ4v) is 3.05. The van der Waals surface area contributed by atoms with Crippen molar-refractivity contribution >= 4 is 5.91 Å². The Labute approximate surface area is 148 Å². The predicted octanol–water partition coefficient (Wildman–Crippen LogP) is 4.07. The van der Waals surface area contributed by atoms with Crippen LogP contribution in [-0.4, -0.2) is 27.6 Å². The van der Waals surface area contributed by atoms with Crippen molar-refractivity contribution in [2.24, 2.45) is 0 Å². The Morgan fingerprint density at radius 3 is 2.32 bits per heavy atom. The summed E-state index contributed by atoms with van der Waals surface area (Å²) in [4.78, 5) is 14.5. The van der Waals surface area contributed by atoms with Crippen molar-refractivity contribution in [2.45, 2.75) is 27.3 Å². The molecule has 1 aromatic heterocycles. The van der Waals surface area contributed by atoms with Crippen molar-refractivity contribution in [1.82, 2.24) is 14.7 Å². The van der Waals surface area contributed by atoms with Gasteiger partial charge in [0.15, 0.2) is 0 Å². The van der Waals surface area contributed by atoms with Crippen molar-refractivity contribution < 1.29 is 4.79 Å². The van der Waals surface area contributed by atoms with Crippen molar-refractivity contribution in [3.8, 4) is 5.69 Å². The van der Waals surface area contributed by atoms with Crippen LogP contribution in [0.3, 0.4) is 0 Å². The van der Waals surface area contributed by atoms with E-state index in [4.69, 9.17) is 0 Å². The molecule has 3 aromatic rings. The van der Waals surface area contributed by atoms with Crippen LogP contribution in [0, 0.1) is 20.8 Å². The van der Waals surface area contributed by atoms with Gasteiger partial charge in [-0.05, 0) is 44.5 Å². The SMILES string of the molecule is Cc1ccccc1C(=O)N(C)Cc1c(C)nn(-c2ccccc2)c1C. The Balaban J connectivity index is 1.87. The standard InChI is InChI=1S/C21H23N3O/c1-15-10-8-9-13-19(15)21(25)23(4)14-20-16(2)22-24(17(20)3)18-11-6-5-7-12-18/h5-13H,14H2,1-4H3. The molecule has 0 atom stereocenters. The molecule has 0 aliphatic rings. The highest BCUT2D eigenvalue weighted by atomic mass is 16.2. The third-order valence-electron chi connectivity index (χ3n) is 4.56. The topological polar surface area (TPSA) is 38.1 Å². The maximum absolute atomic E-state index is 12.8. The highest BCUT2D eigenvalue weighted by Gasteiger charge is 2.19. The molecular weight excluding hydrogens is 310 g/mol. The van der Waals surface area contributed by atoms with Gasteiger partial charge < -0.3 is 4.90 Å². The van der Waals surface area contributed by atoms with E-state index in [1.54, 1.807) is 4.90 Å². The van der Waals surface area contributed by atoms with Crippen LogP contribution in [0.2, 0.25) is 0 Å². The zero-order valence-electron chi connectivity index (χ0n) is 15.2. The number of rotatable bonds is 4. The number of benzene rings is 2. The van der Waals surface area contributed by atoms with Crippen LogP contribution in [-0.2, 0) is 6.54 Å². The van der Waals surface area contributed by atoms with Crippen LogP contribution in [0.5, 0.6) is 0 Å². The van der Waals surface area contributed by atoms with E-state index in [1.165, 1.54) is 0 Å². The largest absolute Gasteiger partial charge is 0.337 e. The van der Waals surface area contributed by atoms with Gasteiger partial charge in [0.05, 0.1) is 11.4 Å². The minimum absolute atomic E-state index is 0.0318. The van der Waals surface area contributed by atoms with Gasteiger partial charge >= 0.3 is 0 Å². The van der Waals surface area contributed by atoms with Crippen LogP contribution in [0.1, 0.15) is 32.9 Å². The summed E-state index contributed by atoms with van der Waals surface area (Å²) in [7, 11) is 1.84. The van der Waals surface area contributed by atoms with Crippen LogP contribution in [0.15, 0.2) is 54.6 Å². The second kappa shape index (κ2) is 6.93. The Morgan fingerprint density at radius 1 is 1.00 bits per heavy atom. The summed E-state index contributed by atoms with van der Waals surface area (Å²) in [5, 5.41) is 4.66. The van der Waals surface area contributed by atoms with Crippen molar-refractivity contribution in [1.29, 1.82) is 0 Å². The third kappa shape index (κ3) is 3.33. The highest BCUT2D eigenvalue weighted by Crippen LogP contribution is 2.20. The van der Waals surface area contributed by atoms with Gasteiger partial charge in [0, 0.05) is 30.4 Å². The second-order valence-electron chi connectivity index (χ2n) is 6.37. The summed E-state index contributed by atoms with van der Waals surface area (Å²) >= 11 is 0. The van der Waals surface area contributed by atoms with E-state index in [0.29, 0.717) is 6.54 Å². The molecule has 2 aromatic carbocycles. The zero-order chi connectivity index (χ0) is 18.0. The van der Waals surface area contributed by atoms with Gasteiger partial charge in [0.2, 0.25) is 0 Å². The number of carbonyl (C=O) groups is 1. The van der Waals surface area contributed by atoms with Crippen LogP contribution >= 0.6 is 0 Å². The third-order valence-corrected chi connectivity index (χ3v) is 4.56. The number of amides is 1. The molecule has 0 bridgehead atoms. The van der Waals surface area contributed by atoms with Gasteiger partial charge in [-0.2, -0.15) is 5.10 Å². The summed E-state index contributed by atoms with van der Waals surface area (Å²) in [6, 6.07) is 17.7. The number of para-hydroxylation sites is 1. The van der Waals surface area contributed by atoms with Crippen molar-refractivity contribution in [2.75, 3.05) is 7.05 Å². The molecule has 25 heavy (non-hydrogen) atoms. The lowest BCUT2D eigenvalue weighted by molar-refractivity contribution is 0.0784. The number of carbonyl (C=O) groups excluding carboxylic acids is 1. The first-order valence-corrected chi connectivity index (χ1v) is 8.40. The molecule has 1 heterocycles. The summed E-state index contributed by atoms with van der Waals surface area (Å²) in [5.41, 5.74) is 5.87. The van der Waals surface area contributed by atoms with E-state index in [-0.39, 0.29) is 5.91 Å². The van der Waals surface area contributed by atoms with Gasteiger partial charge in [-0.15, -0.1) is 0 Å². The highest BCUT2D eigenvalue weighted by molar-refractivity contribution is 5.95. The normalized spacial score (nSPS) is 10.7. The lowest BCUT2D eigenvalue weighted by Crippen LogP contribution is -2.27. The summed E-state index contributed by atoms with van der Waals surface area (Å²) in [6.07, 6.45) is 0. The quantitative estimate of drug-likeness (QED) is 0.722. The maximum atomic E-state index is 12.8. The Morgan fingerprint density at radius 2 is 1.64 bits per heavy atom. The molecule has 0 spiro atoms. The molecule has 0 radical (unpaired) electrons. The van der Waals surface area contributed by atoms with Crippen LogP contribution < -0.4 is 0 Å². The molecule has 4 heteroatoms. The minimum atomic E-state index is 0.0318. The second-order valence-corrected chi connectivity index (χ2v) is 6.37. The molecule has 0 fully saturated rings. The first kappa shape index (κ1) is 17.0. The van der Waals surface area contributed by atoms with Crippen molar-refractivity contribution in [3.05, 3.63) is 82.7 Å². The fourth-order valence-electron chi connectivity index (χ4n) is 3.05. The van der Waals surface area contributed by atoms with Gasteiger partial charge in [0.25, 0.3) is 5.91 Å². The number of aromatic nitrogens is 2. The summed E-state index contributed by atoms with van der Waals surface area (Å²) in [5.74, 6) is 0.0318. The van der Waals surface area contributed by atoms with Gasteiger partial charge in [-0.25, -0.2) is 4.68 Å². The Bertz CT molecular complexity index is 897. The molecule has 0 N–H and O–H groups in total. The van der Waals surface area contributed by atoms with E-state index >= 15 is 0 Å².